The maximum atomic E-state index is 13.3. The SMILES string of the molecule is Cc1cc(F)c(C)c(CC#N)c1F. The molecule has 0 saturated heterocycles. The van der Waals surface area contributed by atoms with Gasteiger partial charge in [-0.25, -0.2) is 8.78 Å². The highest BCUT2D eigenvalue weighted by Crippen LogP contribution is 2.20. The lowest BCUT2D eigenvalue weighted by atomic mass is 10.0. The third-order valence-corrected chi connectivity index (χ3v) is 2.02. The van der Waals surface area contributed by atoms with Gasteiger partial charge in [0.15, 0.2) is 0 Å². The summed E-state index contributed by atoms with van der Waals surface area (Å²) in [5.41, 5.74) is 0.637. The molecule has 1 nitrogen and oxygen atoms in total. The molecule has 0 aliphatic rings. The van der Waals surface area contributed by atoms with Gasteiger partial charge in [0.1, 0.15) is 11.6 Å². The number of aryl methyl sites for hydroxylation is 1. The molecule has 1 aromatic carbocycles. The van der Waals surface area contributed by atoms with E-state index in [1.165, 1.54) is 13.8 Å². The number of halogens is 2. The van der Waals surface area contributed by atoms with E-state index in [9.17, 15) is 8.78 Å². The maximum absolute atomic E-state index is 13.3. The standard InChI is InChI=1S/C10H9F2N/c1-6-5-9(11)7(2)8(3-4-13)10(6)12/h5H,3H2,1-2H3. The largest absolute Gasteiger partial charge is 0.207 e. The summed E-state index contributed by atoms with van der Waals surface area (Å²) in [5, 5.41) is 8.41. The minimum absolute atomic E-state index is 0.0870. The van der Waals surface area contributed by atoms with Gasteiger partial charge in [-0.3, -0.25) is 0 Å². The molecule has 0 fully saturated rings. The van der Waals surface area contributed by atoms with Gasteiger partial charge in [-0.15, -0.1) is 0 Å². The van der Waals surface area contributed by atoms with Crippen LogP contribution in [0.3, 0.4) is 0 Å². The van der Waals surface area contributed by atoms with E-state index in [-0.39, 0.29) is 23.1 Å². The van der Waals surface area contributed by atoms with Gasteiger partial charge in [0.05, 0.1) is 12.5 Å². The first-order valence-corrected chi connectivity index (χ1v) is 3.89. The lowest BCUT2D eigenvalue weighted by Gasteiger charge is -2.07. The second kappa shape index (κ2) is 3.53. The Morgan fingerprint density at radius 1 is 1.38 bits per heavy atom. The maximum Gasteiger partial charge on any atom is 0.130 e. The summed E-state index contributed by atoms with van der Waals surface area (Å²) in [6, 6.07) is 2.96. The first-order chi connectivity index (χ1) is 6.07. The zero-order valence-corrected chi connectivity index (χ0v) is 7.49. The van der Waals surface area contributed by atoms with Crippen LogP contribution in [0.4, 0.5) is 8.78 Å². The van der Waals surface area contributed by atoms with Crippen molar-refractivity contribution >= 4 is 0 Å². The van der Waals surface area contributed by atoms with Crippen LogP contribution in [0.15, 0.2) is 6.07 Å². The van der Waals surface area contributed by atoms with Gasteiger partial charge in [-0.05, 0) is 31.0 Å². The van der Waals surface area contributed by atoms with Crippen molar-refractivity contribution < 1.29 is 8.78 Å². The molecule has 0 aliphatic carbocycles. The normalized spacial score (nSPS) is 9.77. The van der Waals surface area contributed by atoms with Crippen LogP contribution in [0.1, 0.15) is 16.7 Å². The first-order valence-electron chi connectivity index (χ1n) is 3.89. The Kier molecular flexibility index (Phi) is 2.62. The van der Waals surface area contributed by atoms with E-state index >= 15 is 0 Å². The Hall–Kier alpha value is -1.43. The van der Waals surface area contributed by atoms with Crippen molar-refractivity contribution in [3.05, 3.63) is 34.4 Å². The zero-order valence-electron chi connectivity index (χ0n) is 7.49. The smallest absolute Gasteiger partial charge is 0.130 e. The monoisotopic (exact) mass is 181 g/mol. The molecule has 0 unspecified atom stereocenters. The topological polar surface area (TPSA) is 23.8 Å². The highest BCUT2D eigenvalue weighted by Gasteiger charge is 2.12. The molecule has 0 spiro atoms. The van der Waals surface area contributed by atoms with Crippen LogP contribution in [-0.4, -0.2) is 0 Å². The lowest BCUT2D eigenvalue weighted by Crippen LogP contribution is -1.99. The fraction of sp³-hybridized carbons (Fsp3) is 0.300. The molecule has 0 atom stereocenters. The van der Waals surface area contributed by atoms with E-state index in [0.717, 1.165) is 6.07 Å². The highest BCUT2D eigenvalue weighted by molar-refractivity contribution is 5.35. The van der Waals surface area contributed by atoms with Crippen LogP contribution in [0.2, 0.25) is 0 Å². The Morgan fingerprint density at radius 2 is 2.00 bits per heavy atom. The van der Waals surface area contributed by atoms with Crippen molar-refractivity contribution in [1.29, 1.82) is 5.26 Å². The summed E-state index contributed by atoms with van der Waals surface area (Å²) in [5.74, 6) is -0.926. The molecular formula is C10H9F2N. The van der Waals surface area contributed by atoms with Gasteiger partial charge in [-0.1, -0.05) is 0 Å². The predicted molar refractivity (Wildman–Crippen MR) is 45.1 cm³/mol. The van der Waals surface area contributed by atoms with Gasteiger partial charge >= 0.3 is 0 Å². The summed E-state index contributed by atoms with van der Waals surface area (Å²) < 4.78 is 26.4. The number of benzene rings is 1. The quantitative estimate of drug-likeness (QED) is 0.653. The van der Waals surface area contributed by atoms with Crippen LogP contribution in [0.25, 0.3) is 0 Å². The molecule has 0 aromatic heterocycles. The minimum atomic E-state index is -0.472. The molecule has 0 N–H and O–H groups in total. The fourth-order valence-corrected chi connectivity index (χ4v) is 1.20. The number of nitrogens with zero attached hydrogens (tertiary/aromatic N) is 1. The van der Waals surface area contributed by atoms with Crippen molar-refractivity contribution in [1.82, 2.24) is 0 Å². The van der Waals surface area contributed by atoms with Gasteiger partial charge in [0, 0.05) is 5.56 Å². The summed E-state index contributed by atoms with van der Waals surface area (Å²) in [4.78, 5) is 0. The van der Waals surface area contributed by atoms with Crippen LogP contribution >= 0.6 is 0 Å². The van der Waals surface area contributed by atoms with Crippen molar-refractivity contribution in [3.8, 4) is 6.07 Å². The van der Waals surface area contributed by atoms with E-state index in [1.54, 1.807) is 0 Å². The van der Waals surface area contributed by atoms with E-state index in [1.807, 2.05) is 6.07 Å². The molecule has 68 valence electrons. The molecule has 0 bridgehead atoms. The van der Waals surface area contributed by atoms with Crippen molar-refractivity contribution in [2.45, 2.75) is 20.3 Å². The highest BCUT2D eigenvalue weighted by atomic mass is 19.1. The lowest BCUT2D eigenvalue weighted by molar-refractivity contribution is 0.574. The average molecular weight is 181 g/mol. The van der Waals surface area contributed by atoms with E-state index in [0.29, 0.717) is 0 Å². The second-order valence-corrected chi connectivity index (χ2v) is 2.93. The number of rotatable bonds is 1. The van der Waals surface area contributed by atoms with Gasteiger partial charge in [0.25, 0.3) is 0 Å². The molecule has 0 radical (unpaired) electrons. The number of hydrogen-bond acceptors (Lipinski definition) is 1. The molecule has 0 saturated carbocycles. The van der Waals surface area contributed by atoms with Gasteiger partial charge in [-0.2, -0.15) is 5.26 Å². The van der Waals surface area contributed by atoms with Gasteiger partial charge < -0.3 is 0 Å². The third-order valence-electron chi connectivity index (χ3n) is 2.02. The average Bonchev–Trinajstić information content (AvgIpc) is 2.09. The molecule has 1 aromatic rings. The van der Waals surface area contributed by atoms with Crippen molar-refractivity contribution in [2.24, 2.45) is 0 Å². The molecule has 0 aliphatic heterocycles. The first kappa shape index (κ1) is 9.66. The zero-order chi connectivity index (χ0) is 10.0. The third kappa shape index (κ3) is 1.67. The van der Waals surface area contributed by atoms with Crippen molar-refractivity contribution in [3.63, 3.8) is 0 Å². The summed E-state index contributed by atoms with van der Waals surface area (Å²) in [6.07, 6.45) is -0.0870. The van der Waals surface area contributed by atoms with Crippen molar-refractivity contribution in [2.75, 3.05) is 0 Å². The number of hydrogen-bond donors (Lipinski definition) is 0. The Balaban J connectivity index is 3.39. The summed E-state index contributed by atoms with van der Waals surface area (Å²) >= 11 is 0. The molecule has 0 heterocycles. The van der Waals surface area contributed by atoms with Crippen LogP contribution in [-0.2, 0) is 6.42 Å². The molecule has 13 heavy (non-hydrogen) atoms. The van der Waals surface area contributed by atoms with E-state index in [2.05, 4.69) is 0 Å². The van der Waals surface area contributed by atoms with Crippen LogP contribution in [0.5, 0.6) is 0 Å². The molecule has 0 amide bonds. The minimum Gasteiger partial charge on any atom is -0.207 e. The Labute approximate surface area is 75.6 Å². The van der Waals surface area contributed by atoms with Gasteiger partial charge in [0.2, 0.25) is 0 Å². The summed E-state index contributed by atoms with van der Waals surface area (Å²) in [6.45, 7) is 2.96. The van der Waals surface area contributed by atoms with Crippen LogP contribution in [0, 0.1) is 36.8 Å². The Bertz CT molecular complexity index is 351. The molecular weight excluding hydrogens is 172 g/mol. The molecule has 1 rings (SSSR count). The van der Waals surface area contributed by atoms with Crippen LogP contribution < -0.4 is 0 Å². The summed E-state index contributed by atoms with van der Waals surface area (Å²) in [7, 11) is 0. The molecule has 3 heteroatoms. The fourth-order valence-electron chi connectivity index (χ4n) is 1.20. The predicted octanol–water partition coefficient (Wildman–Crippen LogP) is 2.65. The second-order valence-electron chi connectivity index (χ2n) is 2.93. The Morgan fingerprint density at radius 3 is 2.54 bits per heavy atom. The van der Waals surface area contributed by atoms with E-state index < -0.39 is 11.6 Å². The number of nitriles is 1. The van der Waals surface area contributed by atoms with E-state index in [4.69, 9.17) is 5.26 Å².